The van der Waals surface area contributed by atoms with Crippen molar-refractivity contribution in [2.45, 2.75) is 56.7 Å². The molecule has 0 fully saturated rings. The predicted octanol–water partition coefficient (Wildman–Crippen LogP) is -2.66. The average Bonchev–Trinajstić information content (AvgIpc) is 2.61. The molecule has 0 aliphatic heterocycles. The molecule has 3 atom stereocenters. The summed E-state index contributed by atoms with van der Waals surface area (Å²) in [6, 6.07) is -2.99. The molecular formula is C15H35N5O9S. The molecule has 14 N–H and O–H groups in total. The van der Waals surface area contributed by atoms with E-state index in [-0.39, 0.29) is 0 Å². The van der Waals surface area contributed by atoms with Crippen LogP contribution < -0.4 is 28.7 Å². The summed E-state index contributed by atoms with van der Waals surface area (Å²) in [7, 11) is -4.27. The first-order valence-electron chi connectivity index (χ1n) is 9.00. The SMILES string of the molecule is NCCCC[C@H](N)C(=O)O.NCCCC[C@H](N)C(=O)O.N[C@@H](CS(=O)(=O)O)C(=O)O. The van der Waals surface area contributed by atoms with Gasteiger partial charge in [-0.05, 0) is 38.8 Å². The van der Waals surface area contributed by atoms with Gasteiger partial charge in [0.25, 0.3) is 10.1 Å². The molecule has 0 amide bonds. The van der Waals surface area contributed by atoms with Crippen LogP contribution in [0.25, 0.3) is 0 Å². The van der Waals surface area contributed by atoms with Crippen molar-refractivity contribution < 1.29 is 42.7 Å². The summed E-state index contributed by atoms with van der Waals surface area (Å²) in [6.07, 6.45) is 4.33. The maximum absolute atomic E-state index is 10.1. The van der Waals surface area contributed by atoms with E-state index in [1.54, 1.807) is 0 Å². The van der Waals surface area contributed by atoms with Gasteiger partial charge in [0.05, 0.1) is 0 Å². The predicted molar refractivity (Wildman–Crippen MR) is 109 cm³/mol. The fourth-order valence-corrected chi connectivity index (χ4v) is 2.16. The van der Waals surface area contributed by atoms with Crippen LogP contribution in [0.1, 0.15) is 38.5 Å². The van der Waals surface area contributed by atoms with Gasteiger partial charge < -0.3 is 44.0 Å². The average molecular weight is 462 g/mol. The number of nitrogens with two attached hydrogens (primary N) is 5. The van der Waals surface area contributed by atoms with Crippen LogP contribution in [0.3, 0.4) is 0 Å². The van der Waals surface area contributed by atoms with E-state index in [9.17, 15) is 22.8 Å². The molecule has 14 nitrogen and oxygen atoms in total. The highest BCUT2D eigenvalue weighted by molar-refractivity contribution is 7.85. The molecule has 0 aliphatic carbocycles. The number of rotatable bonds is 13. The van der Waals surface area contributed by atoms with Crippen molar-refractivity contribution in [2.24, 2.45) is 28.7 Å². The highest BCUT2D eigenvalue weighted by Crippen LogP contribution is 1.97. The lowest BCUT2D eigenvalue weighted by atomic mass is 10.1. The number of carboxylic acid groups (broad SMARTS) is 3. The van der Waals surface area contributed by atoms with Crippen LogP contribution in [0.4, 0.5) is 0 Å². The van der Waals surface area contributed by atoms with E-state index in [0.717, 1.165) is 25.7 Å². The molecule has 0 spiro atoms. The quantitative estimate of drug-likeness (QED) is 0.0998. The molecule has 0 heterocycles. The maximum Gasteiger partial charge on any atom is 0.321 e. The topological polar surface area (TPSA) is 296 Å². The minimum Gasteiger partial charge on any atom is -0.480 e. The van der Waals surface area contributed by atoms with Gasteiger partial charge in [-0.25, -0.2) is 0 Å². The summed E-state index contributed by atoms with van der Waals surface area (Å²) in [4.78, 5) is 30.2. The molecule has 0 aromatic carbocycles. The van der Waals surface area contributed by atoms with Gasteiger partial charge in [0, 0.05) is 0 Å². The second-order valence-electron chi connectivity index (χ2n) is 6.15. The Kier molecular flexibility index (Phi) is 20.9. The van der Waals surface area contributed by atoms with Gasteiger partial charge in [-0.3, -0.25) is 18.9 Å². The molecule has 30 heavy (non-hydrogen) atoms. The summed E-state index contributed by atoms with van der Waals surface area (Å²) in [6.45, 7) is 1.21. The van der Waals surface area contributed by atoms with E-state index >= 15 is 0 Å². The molecule has 0 radical (unpaired) electrons. The summed E-state index contributed by atoms with van der Waals surface area (Å²) >= 11 is 0. The minimum absolute atomic E-state index is 0.520. The zero-order valence-corrected chi connectivity index (χ0v) is 17.5. The Labute approximate surface area is 175 Å². The van der Waals surface area contributed by atoms with E-state index in [2.05, 4.69) is 0 Å². The van der Waals surface area contributed by atoms with Crippen LogP contribution in [-0.4, -0.2) is 83.2 Å². The Morgan fingerprint density at radius 3 is 1.13 bits per heavy atom. The number of carbonyl (C=O) groups is 3. The van der Waals surface area contributed by atoms with Crippen molar-refractivity contribution >= 4 is 28.0 Å². The first-order valence-corrected chi connectivity index (χ1v) is 10.6. The molecule has 0 saturated carbocycles. The third-order valence-corrected chi connectivity index (χ3v) is 4.06. The van der Waals surface area contributed by atoms with Crippen molar-refractivity contribution in [1.82, 2.24) is 0 Å². The molecule has 0 aliphatic rings. The Balaban J connectivity index is -0.000000364. The minimum atomic E-state index is -4.27. The van der Waals surface area contributed by atoms with Gasteiger partial charge in [0.1, 0.15) is 23.9 Å². The molecule has 15 heteroatoms. The fraction of sp³-hybridized carbons (Fsp3) is 0.800. The van der Waals surface area contributed by atoms with E-state index in [0.29, 0.717) is 25.9 Å². The molecule has 0 saturated heterocycles. The molecule has 0 aromatic rings. The van der Waals surface area contributed by atoms with Crippen LogP contribution in [0, 0.1) is 0 Å². The second kappa shape index (κ2) is 19.1. The lowest BCUT2D eigenvalue weighted by Crippen LogP contribution is -2.36. The maximum atomic E-state index is 10.1. The summed E-state index contributed by atoms with van der Waals surface area (Å²) in [5, 5.41) is 24.7. The highest BCUT2D eigenvalue weighted by Gasteiger charge is 2.18. The van der Waals surface area contributed by atoms with E-state index < -0.39 is 51.9 Å². The van der Waals surface area contributed by atoms with Crippen molar-refractivity contribution in [3.8, 4) is 0 Å². The zero-order chi connectivity index (χ0) is 24.3. The molecular weight excluding hydrogens is 426 g/mol. The molecule has 0 unspecified atom stereocenters. The van der Waals surface area contributed by atoms with Gasteiger partial charge in [-0.2, -0.15) is 8.42 Å². The van der Waals surface area contributed by atoms with Crippen molar-refractivity contribution in [3.63, 3.8) is 0 Å². The molecule has 0 aromatic heterocycles. The standard InChI is InChI=1S/2C6H14N2O2.C3H7NO5S/c2*7-4-2-1-3-5(8)6(9)10;4-2(3(5)6)1-10(7,8)9/h2*5H,1-4,7-8H2,(H,9,10);2H,1,4H2,(H,5,6)(H,7,8,9)/t2*5-;2-/m000/s1. The number of unbranched alkanes of at least 4 members (excludes halogenated alkanes) is 2. The van der Waals surface area contributed by atoms with Gasteiger partial charge >= 0.3 is 17.9 Å². The van der Waals surface area contributed by atoms with Crippen molar-refractivity contribution in [2.75, 3.05) is 18.8 Å². The zero-order valence-electron chi connectivity index (χ0n) is 16.7. The first-order chi connectivity index (χ1) is 13.7. The van der Waals surface area contributed by atoms with E-state index in [1.165, 1.54) is 0 Å². The monoisotopic (exact) mass is 461 g/mol. The third kappa shape index (κ3) is 26.1. The summed E-state index contributed by atoms with van der Waals surface area (Å²) in [5.74, 6) is -4.28. The molecule has 0 bridgehead atoms. The van der Waals surface area contributed by atoms with E-state index in [4.69, 9.17) is 48.5 Å². The van der Waals surface area contributed by atoms with Crippen LogP contribution >= 0.6 is 0 Å². The van der Waals surface area contributed by atoms with Crippen LogP contribution in [0.2, 0.25) is 0 Å². The van der Waals surface area contributed by atoms with Crippen LogP contribution in [-0.2, 0) is 24.5 Å². The number of hydrogen-bond donors (Lipinski definition) is 9. The molecule has 0 rings (SSSR count). The Bertz CT molecular complexity index is 563. The van der Waals surface area contributed by atoms with Gasteiger partial charge in [0.2, 0.25) is 0 Å². The lowest BCUT2D eigenvalue weighted by Gasteiger charge is -2.03. The number of aliphatic carboxylic acids is 3. The fourth-order valence-electron chi connectivity index (χ4n) is 1.56. The number of hydrogen-bond acceptors (Lipinski definition) is 10. The Morgan fingerprint density at radius 2 is 0.967 bits per heavy atom. The van der Waals surface area contributed by atoms with Gasteiger partial charge in [0.15, 0.2) is 0 Å². The number of carboxylic acids is 3. The normalized spacial score (nSPS) is 13.5. The molecule has 180 valence electrons. The van der Waals surface area contributed by atoms with Crippen molar-refractivity contribution in [1.29, 1.82) is 0 Å². The lowest BCUT2D eigenvalue weighted by molar-refractivity contribution is -0.139. The largest absolute Gasteiger partial charge is 0.480 e. The van der Waals surface area contributed by atoms with Crippen molar-refractivity contribution in [3.05, 3.63) is 0 Å². The Hall–Kier alpha value is -1.88. The van der Waals surface area contributed by atoms with Crippen LogP contribution in [0.15, 0.2) is 0 Å². The second-order valence-corrected chi connectivity index (χ2v) is 7.65. The smallest absolute Gasteiger partial charge is 0.321 e. The summed E-state index contributed by atoms with van der Waals surface area (Å²) < 4.78 is 28.0. The summed E-state index contributed by atoms with van der Waals surface area (Å²) in [5.41, 5.74) is 25.6. The highest BCUT2D eigenvalue weighted by atomic mass is 32.2. The van der Waals surface area contributed by atoms with Gasteiger partial charge in [-0.15, -0.1) is 0 Å². The third-order valence-electron chi connectivity index (χ3n) is 3.28. The van der Waals surface area contributed by atoms with Gasteiger partial charge in [-0.1, -0.05) is 12.8 Å². The van der Waals surface area contributed by atoms with Crippen LogP contribution in [0.5, 0.6) is 0 Å². The van der Waals surface area contributed by atoms with E-state index in [1.807, 2.05) is 0 Å². The Morgan fingerprint density at radius 1 is 0.667 bits per heavy atom. The first kappa shape index (κ1) is 32.8.